The normalized spacial score (nSPS) is 11.3. The van der Waals surface area contributed by atoms with Gasteiger partial charge in [0, 0.05) is 11.3 Å². The second kappa shape index (κ2) is 10.9. The molecule has 1 atom stereocenters. The van der Waals surface area contributed by atoms with Gasteiger partial charge in [-0.3, -0.25) is 9.59 Å². The summed E-state index contributed by atoms with van der Waals surface area (Å²) in [4.78, 5) is 37.9. The highest BCUT2D eigenvalue weighted by molar-refractivity contribution is 5.98. The summed E-state index contributed by atoms with van der Waals surface area (Å²) in [5.74, 6) is -1.56. The first-order chi connectivity index (χ1) is 15.5. The lowest BCUT2D eigenvalue weighted by Gasteiger charge is -2.18. The molecule has 1 unspecified atom stereocenters. The van der Waals surface area contributed by atoms with Crippen LogP contribution in [0.3, 0.4) is 0 Å². The van der Waals surface area contributed by atoms with Crippen LogP contribution in [-0.4, -0.2) is 24.4 Å². The highest BCUT2D eigenvalue weighted by Crippen LogP contribution is 2.21. The molecule has 6 heteroatoms. The van der Waals surface area contributed by atoms with Gasteiger partial charge in [-0.15, -0.1) is 0 Å². The van der Waals surface area contributed by atoms with Crippen molar-refractivity contribution in [3.8, 4) is 0 Å². The Morgan fingerprint density at radius 3 is 2.19 bits per heavy atom. The second-order valence-corrected chi connectivity index (χ2v) is 7.30. The van der Waals surface area contributed by atoms with Crippen LogP contribution in [0.25, 0.3) is 0 Å². The molecule has 0 aliphatic carbocycles. The topological polar surface area (TPSA) is 84.5 Å². The van der Waals surface area contributed by atoms with Gasteiger partial charge < -0.3 is 15.4 Å². The standard InChI is InChI=1S/C26H26N2O4/c1-3-19-16-10-11-18(2)23(19)27-22(29)17-32-26(31)24(20-12-6-4-7-13-20)28-25(30)21-14-8-5-9-15-21/h4-16,24H,3,17H2,1-2H3,(H,27,29)(H,28,30). The maximum Gasteiger partial charge on any atom is 0.333 e. The quantitative estimate of drug-likeness (QED) is 0.525. The van der Waals surface area contributed by atoms with Crippen molar-refractivity contribution < 1.29 is 19.1 Å². The molecule has 0 bridgehead atoms. The zero-order valence-electron chi connectivity index (χ0n) is 18.1. The Balaban J connectivity index is 1.69. The number of nitrogens with one attached hydrogen (secondary N) is 2. The van der Waals surface area contributed by atoms with Gasteiger partial charge in [0.05, 0.1) is 0 Å². The first-order valence-electron chi connectivity index (χ1n) is 10.5. The van der Waals surface area contributed by atoms with Crippen LogP contribution in [0.5, 0.6) is 0 Å². The Hall–Kier alpha value is -3.93. The van der Waals surface area contributed by atoms with Gasteiger partial charge in [0.1, 0.15) is 0 Å². The van der Waals surface area contributed by atoms with E-state index in [9.17, 15) is 14.4 Å². The third-order valence-electron chi connectivity index (χ3n) is 5.03. The van der Waals surface area contributed by atoms with E-state index >= 15 is 0 Å². The second-order valence-electron chi connectivity index (χ2n) is 7.30. The van der Waals surface area contributed by atoms with Crippen molar-refractivity contribution >= 4 is 23.5 Å². The first-order valence-corrected chi connectivity index (χ1v) is 10.5. The number of para-hydroxylation sites is 1. The van der Waals surface area contributed by atoms with Crippen molar-refractivity contribution in [2.45, 2.75) is 26.3 Å². The Labute approximate surface area is 187 Å². The molecule has 3 aromatic carbocycles. The van der Waals surface area contributed by atoms with Gasteiger partial charge in [0.2, 0.25) is 0 Å². The maximum absolute atomic E-state index is 12.8. The summed E-state index contributed by atoms with van der Waals surface area (Å²) in [6.45, 7) is 3.45. The number of carbonyl (C=O) groups excluding carboxylic acids is 3. The smallest absolute Gasteiger partial charge is 0.333 e. The molecule has 0 saturated heterocycles. The molecule has 3 rings (SSSR count). The third kappa shape index (κ3) is 5.82. The van der Waals surface area contributed by atoms with E-state index in [1.54, 1.807) is 54.6 Å². The molecular weight excluding hydrogens is 404 g/mol. The summed E-state index contributed by atoms with van der Waals surface area (Å²) in [6, 6.07) is 22.1. The first kappa shape index (κ1) is 22.7. The fourth-order valence-corrected chi connectivity index (χ4v) is 3.33. The molecule has 0 fully saturated rings. The van der Waals surface area contributed by atoms with Gasteiger partial charge in [-0.25, -0.2) is 4.79 Å². The Kier molecular flexibility index (Phi) is 7.75. The molecule has 0 spiro atoms. The number of ether oxygens (including phenoxy) is 1. The van der Waals surface area contributed by atoms with Crippen LogP contribution in [0, 0.1) is 6.92 Å². The van der Waals surface area contributed by atoms with E-state index in [1.807, 2.05) is 38.1 Å². The van der Waals surface area contributed by atoms with Crippen molar-refractivity contribution in [3.05, 3.63) is 101 Å². The molecule has 2 N–H and O–H groups in total. The summed E-state index contributed by atoms with van der Waals surface area (Å²) in [6.07, 6.45) is 0.763. The molecule has 0 aliphatic rings. The van der Waals surface area contributed by atoms with Crippen molar-refractivity contribution in [1.29, 1.82) is 0 Å². The largest absolute Gasteiger partial charge is 0.454 e. The minimum absolute atomic E-state index is 0.409. The molecule has 0 heterocycles. The van der Waals surface area contributed by atoms with Gasteiger partial charge in [-0.2, -0.15) is 0 Å². The molecule has 32 heavy (non-hydrogen) atoms. The number of rotatable bonds is 8. The molecule has 2 amide bonds. The van der Waals surface area contributed by atoms with Crippen LogP contribution < -0.4 is 10.6 Å². The minimum atomic E-state index is -1.04. The molecule has 6 nitrogen and oxygen atoms in total. The number of benzene rings is 3. The van der Waals surface area contributed by atoms with Gasteiger partial charge in [0.15, 0.2) is 12.6 Å². The molecule has 0 saturated carbocycles. The van der Waals surface area contributed by atoms with E-state index in [1.165, 1.54) is 0 Å². The Bertz CT molecular complexity index is 1080. The highest BCUT2D eigenvalue weighted by Gasteiger charge is 2.25. The van der Waals surface area contributed by atoms with Crippen molar-refractivity contribution in [3.63, 3.8) is 0 Å². The molecule has 164 valence electrons. The highest BCUT2D eigenvalue weighted by atomic mass is 16.5. The van der Waals surface area contributed by atoms with E-state index < -0.39 is 30.4 Å². The van der Waals surface area contributed by atoms with E-state index in [0.717, 1.165) is 23.2 Å². The fraction of sp³-hybridized carbons (Fsp3) is 0.192. The number of esters is 1. The predicted molar refractivity (Wildman–Crippen MR) is 123 cm³/mol. The number of carbonyl (C=O) groups is 3. The SMILES string of the molecule is CCc1cccc(C)c1NC(=O)COC(=O)C(NC(=O)c1ccccc1)c1ccccc1. The summed E-state index contributed by atoms with van der Waals surface area (Å²) in [5, 5.41) is 5.53. The van der Waals surface area contributed by atoms with Crippen LogP contribution in [0.2, 0.25) is 0 Å². The average Bonchev–Trinajstić information content (AvgIpc) is 2.83. The molecular formula is C26H26N2O4. The Morgan fingerprint density at radius 2 is 1.53 bits per heavy atom. The predicted octanol–water partition coefficient (Wildman–Crippen LogP) is 4.21. The van der Waals surface area contributed by atoms with Crippen LogP contribution in [0.1, 0.15) is 40.0 Å². The van der Waals surface area contributed by atoms with Gasteiger partial charge in [-0.1, -0.05) is 73.7 Å². The number of hydrogen-bond acceptors (Lipinski definition) is 4. The summed E-state index contributed by atoms with van der Waals surface area (Å²) in [7, 11) is 0. The summed E-state index contributed by atoms with van der Waals surface area (Å²) >= 11 is 0. The lowest BCUT2D eigenvalue weighted by molar-refractivity contribution is -0.149. The van der Waals surface area contributed by atoms with Crippen LogP contribution in [-0.2, 0) is 20.7 Å². The monoisotopic (exact) mass is 430 g/mol. The lowest BCUT2D eigenvalue weighted by Crippen LogP contribution is -2.36. The summed E-state index contributed by atoms with van der Waals surface area (Å²) in [5.41, 5.74) is 3.65. The lowest BCUT2D eigenvalue weighted by atomic mass is 10.1. The van der Waals surface area contributed by atoms with Crippen LogP contribution >= 0.6 is 0 Å². The molecule has 3 aromatic rings. The van der Waals surface area contributed by atoms with Crippen molar-refractivity contribution in [2.75, 3.05) is 11.9 Å². The zero-order valence-corrected chi connectivity index (χ0v) is 18.1. The van der Waals surface area contributed by atoms with E-state index in [0.29, 0.717) is 11.1 Å². The number of hydrogen-bond donors (Lipinski definition) is 2. The number of amides is 2. The van der Waals surface area contributed by atoms with E-state index in [-0.39, 0.29) is 0 Å². The van der Waals surface area contributed by atoms with Crippen LogP contribution in [0.15, 0.2) is 78.9 Å². The number of aryl methyl sites for hydroxylation is 2. The third-order valence-corrected chi connectivity index (χ3v) is 5.03. The van der Waals surface area contributed by atoms with Crippen LogP contribution in [0.4, 0.5) is 5.69 Å². The van der Waals surface area contributed by atoms with Gasteiger partial charge >= 0.3 is 5.97 Å². The summed E-state index contributed by atoms with van der Waals surface area (Å²) < 4.78 is 5.28. The van der Waals surface area contributed by atoms with E-state index in [4.69, 9.17) is 4.74 Å². The molecule has 0 aliphatic heterocycles. The van der Waals surface area contributed by atoms with E-state index in [2.05, 4.69) is 10.6 Å². The van der Waals surface area contributed by atoms with Gasteiger partial charge in [0.25, 0.3) is 11.8 Å². The Morgan fingerprint density at radius 1 is 0.875 bits per heavy atom. The van der Waals surface area contributed by atoms with Crippen molar-refractivity contribution in [2.24, 2.45) is 0 Å². The van der Waals surface area contributed by atoms with Crippen molar-refractivity contribution in [1.82, 2.24) is 5.32 Å². The molecule has 0 radical (unpaired) electrons. The average molecular weight is 431 g/mol. The van der Waals surface area contributed by atoms with Gasteiger partial charge in [-0.05, 0) is 42.2 Å². The molecule has 0 aromatic heterocycles. The minimum Gasteiger partial charge on any atom is -0.454 e. The maximum atomic E-state index is 12.8. The number of anilines is 1. The zero-order chi connectivity index (χ0) is 22.9. The fourth-order valence-electron chi connectivity index (χ4n) is 3.33.